The van der Waals surface area contributed by atoms with Gasteiger partial charge in [0.1, 0.15) is 29.2 Å². The molecule has 3 aliphatic rings. The number of pyridine rings is 1. The lowest BCUT2D eigenvalue weighted by Crippen LogP contribution is -2.34. The Bertz CT molecular complexity index is 1150. The van der Waals surface area contributed by atoms with Crippen molar-refractivity contribution < 1.29 is 28.5 Å². The van der Waals surface area contributed by atoms with Crippen LogP contribution < -0.4 is 14.8 Å². The number of methoxy groups -OCH3 is 1. The molecule has 1 aliphatic carbocycles. The highest BCUT2D eigenvalue weighted by atomic mass is 19.1. The molecular formula is C30H40FN3O5. The predicted octanol–water partition coefficient (Wildman–Crippen LogP) is 5.01. The lowest BCUT2D eigenvalue weighted by molar-refractivity contribution is -0.143. The van der Waals surface area contributed by atoms with Crippen LogP contribution >= 0.6 is 0 Å². The fourth-order valence-electron chi connectivity index (χ4n) is 5.51. The maximum atomic E-state index is 14.2. The molecule has 212 valence electrons. The van der Waals surface area contributed by atoms with Gasteiger partial charge >= 0.3 is 5.97 Å². The number of carbonyl (C=O) groups is 1. The first-order valence-electron chi connectivity index (χ1n) is 14.2. The van der Waals surface area contributed by atoms with Crippen molar-refractivity contribution in [1.82, 2.24) is 9.88 Å². The van der Waals surface area contributed by atoms with Gasteiger partial charge in [-0.05, 0) is 69.6 Å². The number of carboxylic acid groups (broad SMARTS) is 1. The lowest BCUT2D eigenvalue weighted by atomic mass is 10.0. The summed E-state index contributed by atoms with van der Waals surface area (Å²) in [5.41, 5.74) is 2.68. The molecular weight excluding hydrogens is 501 g/mol. The minimum Gasteiger partial charge on any atom is -0.496 e. The molecule has 39 heavy (non-hydrogen) atoms. The smallest absolute Gasteiger partial charge is 0.325 e. The minimum absolute atomic E-state index is 0.0543. The number of nitrogens with one attached hydrogen (secondary N) is 1. The predicted molar refractivity (Wildman–Crippen MR) is 146 cm³/mol. The summed E-state index contributed by atoms with van der Waals surface area (Å²) in [6.45, 7) is 5.25. The Morgan fingerprint density at radius 2 is 2.13 bits per heavy atom. The van der Waals surface area contributed by atoms with E-state index in [9.17, 15) is 14.3 Å². The maximum Gasteiger partial charge on any atom is 0.325 e. The van der Waals surface area contributed by atoms with E-state index in [1.165, 1.54) is 12.1 Å². The number of ether oxygens (including phenoxy) is 3. The van der Waals surface area contributed by atoms with Gasteiger partial charge in [0, 0.05) is 54.5 Å². The molecule has 0 radical (unpaired) electrons. The van der Waals surface area contributed by atoms with E-state index in [0.29, 0.717) is 37.6 Å². The second-order valence-corrected chi connectivity index (χ2v) is 11.4. The highest BCUT2D eigenvalue weighted by molar-refractivity contribution is 5.77. The Labute approximate surface area is 229 Å². The zero-order valence-corrected chi connectivity index (χ0v) is 23.0. The van der Waals surface area contributed by atoms with Crippen molar-refractivity contribution in [3.8, 4) is 11.5 Å². The van der Waals surface area contributed by atoms with Crippen LogP contribution in [0.15, 0.2) is 24.3 Å². The molecule has 5 rings (SSSR count). The molecule has 2 aliphatic heterocycles. The number of likely N-dealkylation sites (tertiary alicyclic amines) is 1. The number of halogens is 1. The monoisotopic (exact) mass is 541 g/mol. The first kappa shape index (κ1) is 27.6. The Hall–Kier alpha value is -2.91. The molecule has 1 aromatic carbocycles. The normalized spacial score (nSPS) is 20.6. The summed E-state index contributed by atoms with van der Waals surface area (Å²) in [5, 5.41) is 13.5. The van der Waals surface area contributed by atoms with E-state index in [0.717, 1.165) is 80.7 Å². The van der Waals surface area contributed by atoms with Gasteiger partial charge in [0.15, 0.2) is 0 Å². The molecule has 2 atom stereocenters. The molecule has 0 bridgehead atoms. The minimum atomic E-state index is -1.01. The Morgan fingerprint density at radius 1 is 1.28 bits per heavy atom. The summed E-state index contributed by atoms with van der Waals surface area (Å²) < 4.78 is 31.9. The number of aliphatic carboxylic acids is 1. The molecule has 2 fully saturated rings. The quantitative estimate of drug-likeness (QED) is 0.342. The third-order valence-electron chi connectivity index (χ3n) is 8.15. The van der Waals surface area contributed by atoms with Gasteiger partial charge in [-0.15, -0.1) is 0 Å². The second-order valence-electron chi connectivity index (χ2n) is 11.4. The summed E-state index contributed by atoms with van der Waals surface area (Å²) in [5.74, 6) is 0.829. The van der Waals surface area contributed by atoms with Crippen LogP contribution in [0.1, 0.15) is 68.3 Å². The van der Waals surface area contributed by atoms with Crippen molar-refractivity contribution in [3.05, 3.63) is 46.9 Å². The van der Waals surface area contributed by atoms with Crippen molar-refractivity contribution in [2.45, 2.75) is 70.4 Å². The van der Waals surface area contributed by atoms with Gasteiger partial charge in [0.05, 0.1) is 19.8 Å². The number of aromatic nitrogens is 1. The van der Waals surface area contributed by atoms with E-state index in [4.69, 9.17) is 19.2 Å². The number of nitrogens with zero attached hydrogens (tertiary/aromatic N) is 2. The van der Waals surface area contributed by atoms with Crippen molar-refractivity contribution in [1.29, 1.82) is 0 Å². The van der Waals surface area contributed by atoms with Crippen LogP contribution in [0.4, 0.5) is 10.2 Å². The highest BCUT2D eigenvalue weighted by Crippen LogP contribution is 2.45. The van der Waals surface area contributed by atoms with Crippen LogP contribution in [-0.2, 0) is 22.4 Å². The summed E-state index contributed by atoms with van der Waals surface area (Å²) in [6, 6.07) is 5.25. The number of fused-ring (bicyclic) bond motifs is 1. The van der Waals surface area contributed by atoms with E-state index < -0.39 is 17.8 Å². The van der Waals surface area contributed by atoms with Gasteiger partial charge < -0.3 is 24.6 Å². The number of benzene rings is 1. The Balaban J connectivity index is 1.12. The van der Waals surface area contributed by atoms with Gasteiger partial charge in [-0.2, -0.15) is 0 Å². The van der Waals surface area contributed by atoms with Crippen LogP contribution in [0.25, 0.3) is 0 Å². The molecule has 2 aromatic rings. The molecule has 1 saturated carbocycles. The van der Waals surface area contributed by atoms with E-state index in [1.807, 2.05) is 11.0 Å². The zero-order chi connectivity index (χ0) is 27.4. The van der Waals surface area contributed by atoms with Gasteiger partial charge in [-0.1, -0.05) is 6.92 Å². The first-order valence-corrected chi connectivity index (χ1v) is 14.2. The molecule has 2 N–H and O–H groups in total. The molecule has 0 unspecified atom stereocenters. The van der Waals surface area contributed by atoms with Crippen molar-refractivity contribution in [2.24, 2.45) is 5.41 Å². The third kappa shape index (κ3) is 6.81. The van der Waals surface area contributed by atoms with Crippen LogP contribution in [0, 0.1) is 11.2 Å². The van der Waals surface area contributed by atoms with Crippen LogP contribution in [0.3, 0.4) is 0 Å². The number of carboxylic acids is 1. The molecule has 9 heteroatoms. The van der Waals surface area contributed by atoms with Gasteiger partial charge in [-0.3, -0.25) is 9.69 Å². The topological polar surface area (TPSA) is 93.2 Å². The molecule has 8 nitrogen and oxygen atoms in total. The summed E-state index contributed by atoms with van der Waals surface area (Å²) in [6.07, 6.45) is 7.60. The van der Waals surface area contributed by atoms with Crippen LogP contribution in [-0.4, -0.2) is 67.0 Å². The first-order chi connectivity index (χ1) is 18.8. The largest absolute Gasteiger partial charge is 0.496 e. The molecule has 1 saturated heterocycles. The van der Waals surface area contributed by atoms with E-state index in [-0.39, 0.29) is 11.5 Å². The van der Waals surface area contributed by atoms with E-state index >= 15 is 0 Å². The average molecular weight is 542 g/mol. The van der Waals surface area contributed by atoms with Crippen LogP contribution in [0.5, 0.6) is 11.5 Å². The summed E-state index contributed by atoms with van der Waals surface area (Å²) >= 11 is 0. The van der Waals surface area contributed by atoms with Crippen molar-refractivity contribution in [2.75, 3.05) is 45.3 Å². The van der Waals surface area contributed by atoms with Gasteiger partial charge in [-0.25, -0.2) is 9.37 Å². The van der Waals surface area contributed by atoms with Crippen molar-refractivity contribution >= 4 is 11.8 Å². The molecule has 3 heterocycles. The molecule has 0 spiro atoms. The van der Waals surface area contributed by atoms with Gasteiger partial charge in [0.25, 0.3) is 0 Å². The Kier molecular flexibility index (Phi) is 8.57. The highest BCUT2D eigenvalue weighted by Gasteiger charge is 2.39. The van der Waals surface area contributed by atoms with Crippen molar-refractivity contribution in [3.63, 3.8) is 0 Å². The zero-order valence-electron chi connectivity index (χ0n) is 23.0. The number of hydrogen-bond donors (Lipinski definition) is 2. The lowest BCUT2D eigenvalue weighted by Gasteiger charge is -2.26. The average Bonchev–Trinajstić information content (AvgIpc) is 3.49. The van der Waals surface area contributed by atoms with Crippen LogP contribution in [0.2, 0.25) is 0 Å². The maximum absolute atomic E-state index is 14.2. The third-order valence-corrected chi connectivity index (χ3v) is 8.15. The number of hydrogen-bond acceptors (Lipinski definition) is 7. The number of unbranched alkanes of at least 4 members (excludes halogenated alkanes) is 1. The van der Waals surface area contributed by atoms with Gasteiger partial charge in [0.2, 0.25) is 0 Å². The molecule has 0 amide bonds. The fourth-order valence-corrected chi connectivity index (χ4v) is 5.51. The molecule has 1 aromatic heterocycles. The summed E-state index contributed by atoms with van der Waals surface area (Å²) in [7, 11) is 1.71. The fraction of sp³-hybridized carbons (Fsp3) is 0.600. The number of rotatable bonds is 13. The number of aryl methyl sites for hydroxylation is 1. The Morgan fingerprint density at radius 3 is 2.90 bits per heavy atom. The summed E-state index contributed by atoms with van der Waals surface area (Å²) in [4.78, 5) is 19.0. The standard InChI is InChI=1S/C30H40FN3O5/c1-30(11-12-30)19-39-25-9-8-20(31)16-24(25)27(29(35)36)34-14-10-22(18-34)38-15-4-3-6-21-17-26(37-2)23-7-5-13-32-28(23)33-21/h8-9,16-17,22,27H,3-7,10-15,18-19H2,1-2H3,(H,32,33)(H,35,36)/t22-,27+/m1/s1. The van der Waals surface area contributed by atoms with E-state index in [2.05, 4.69) is 12.2 Å². The SMILES string of the molecule is COc1cc(CCCCO[C@@H]2CCN([C@H](C(=O)O)c3cc(F)ccc3OCC3(C)CC3)C2)nc2c1CCCN2. The van der Waals surface area contributed by atoms with E-state index in [1.54, 1.807) is 13.2 Å². The second kappa shape index (κ2) is 12.1. The number of anilines is 1.